The fourth-order valence-corrected chi connectivity index (χ4v) is 1.45. The fraction of sp³-hybridized carbons (Fsp3) is 0. The molecule has 0 unspecified atom stereocenters. The maximum absolute atomic E-state index is 4.11. The summed E-state index contributed by atoms with van der Waals surface area (Å²) >= 11 is 4.04. The molecule has 0 fully saturated rings. The average Bonchev–Trinajstić information content (AvgIpc) is 2.50. The molecule has 5 heteroatoms. The number of pyridine rings is 1. The van der Waals surface area contributed by atoms with Gasteiger partial charge in [0.2, 0.25) is 0 Å². The van der Waals surface area contributed by atoms with Crippen LogP contribution in [0.2, 0.25) is 0 Å². The maximum Gasteiger partial charge on any atom is 0.107 e. The van der Waals surface area contributed by atoms with E-state index in [4.69, 9.17) is 0 Å². The third kappa shape index (κ3) is 1.21. The predicted octanol–water partition coefficient (Wildman–Crippen LogP) is 1.89. The normalized spacial score (nSPS) is 10.6. The van der Waals surface area contributed by atoms with Crippen molar-refractivity contribution in [2.75, 3.05) is 0 Å². The maximum atomic E-state index is 4.11. The van der Waals surface area contributed by atoms with E-state index < -0.39 is 0 Å². The van der Waals surface area contributed by atoms with E-state index in [2.05, 4.69) is 26.8 Å². The van der Waals surface area contributed by atoms with Crippen LogP contribution in [0.15, 0.2) is 23.5 Å². The van der Waals surface area contributed by atoms with E-state index in [9.17, 15) is 0 Å². The van der Waals surface area contributed by atoms with Gasteiger partial charge in [-0.2, -0.15) is 5.10 Å². The topological polar surface area (TPSA) is 41.6 Å². The number of H-pyrrole nitrogens is 1. The first-order chi connectivity index (χ1) is 5.40. The van der Waals surface area contributed by atoms with Crippen molar-refractivity contribution in [2.45, 2.75) is 5.03 Å². The Kier molecular flexibility index (Phi) is 1.75. The van der Waals surface area contributed by atoms with Crippen molar-refractivity contribution in [3.05, 3.63) is 18.5 Å². The number of nitrogens with zero attached hydrogens (tertiary/aromatic N) is 2. The van der Waals surface area contributed by atoms with Crippen molar-refractivity contribution in [1.82, 2.24) is 15.2 Å². The summed E-state index contributed by atoms with van der Waals surface area (Å²) < 4.78 is 0. The number of hydrogen-bond acceptors (Lipinski definition) is 4. The summed E-state index contributed by atoms with van der Waals surface area (Å²) in [6, 6.07) is 1.94. The molecule has 3 nitrogen and oxygen atoms in total. The second kappa shape index (κ2) is 2.75. The lowest BCUT2D eigenvalue weighted by Gasteiger charge is -1.91. The van der Waals surface area contributed by atoms with Crippen LogP contribution in [0, 0.1) is 0 Å². The molecule has 0 radical (unpaired) electrons. The highest BCUT2D eigenvalue weighted by atomic mass is 33.1. The van der Waals surface area contributed by atoms with Crippen LogP contribution in [0.25, 0.3) is 10.9 Å². The van der Waals surface area contributed by atoms with Crippen molar-refractivity contribution in [1.29, 1.82) is 0 Å². The molecule has 0 saturated carbocycles. The third-order valence-corrected chi connectivity index (χ3v) is 2.36. The molecule has 0 aromatic carbocycles. The van der Waals surface area contributed by atoms with Crippen molar-refractivity contribution in [3.8, 4) is 0 Å². The standard InChI is InChI=1S/C6H5N3S2/c10-11-6-1-4-2-8-9-5(4)3-7-6/h1-3,10H,(H,8,9). The lowest BCUT2D eigenvalue weighted by Crippen LogP contribution is -1.75. The summed E-state index contributed by atoms with van der Waals surface area (Å²) in [6.45, 7) is 0. The SMILES string of the molecule is SSc1cc2cn[nH]c2cn1. The van der Waals surface area contributed by atoms with Gasteiger partial charge in [-0.05, 0) is 16.9 Å². The van der Waals surface area contributed by atoms with Crippen LogP contribution in [-0.2, 0) is 0 Å². The molecule has 0 aliphatic carbocycles. The number of aromatic amines is 1. The van der Waals surface area contributed by atoms with Gasteiger partial charge in [-0.1, -0.05) is 0 Å². The smallest absolute Gasteiger partial charge is 0.107 e. The number of nitrogens with one attached hydrogen (secondary N) is 1. The zero-order chi connectivity index (χ0) is 7.68. The zero-order valence-corrected chi connectivity index (χ0v) is 7.19. The molecule has 0 spiro atoms. The first-order valence-electron chi connectivity index (χ1n) is 3.01. The molecular weight excluding hydrogens is 178 g/mol. The summed E-state index contributed by atoms with van der Waals surface area (Å²) in [7, 11) is 1.33. The quantitative estimate of drug-likeness (QED) is 0.524. The van der Waals surface area contributed by atoms with Crippen LogP contribution < -0.4 is 0 Å². The fourth-order valence-electron chi connectivity index (χ4n) is 0.872. The second-order valence-electron chi connectivity index (χ2n) is 2.07. The van der Waals surface area contributed by atoms with Gasteiger partial charge in [-0.15, -0.1) is 11.7 Å². The van der Waals surface area contributed by atoms with E-state index >= 15 is 0 Å². The number of hydrogen-bond donors (Lipinski definition) is 2. The molecule has 0 atom stereocenters. The lowest BCUT2D eigenvalue weighted by molar-refractivity contribution is 1.10. The second-order valence-corrected chi connectivity index (χ2v) is 3.22. The molecule has 2 heterocycles. The monoisotopic (exact) mass is 183 g/mol. The van der Waals surface area contributed by atoms with Gasteiger partial charge in [-0.3, -0.25) is 5.10 Å². The van der Waals surface area contributed by atoms with Gasteiger partial charge in [0, 0.05) is 5.39 Å². The lowest BCUT2D eigenvalue weighted by atomic mass is 10.3. The summed E-state index contributed by atoms with van der Waals surface area (Å²) in [4.78, 5) is 4.11. The van der Waals surface area contributed by atoms with Crippen molar-refractivity contribution in [3.63, 3.8) is 0 Å². The highest BCUT2D eigenvalue weighted by Gasteiger charge is 1.97. The summed E-state index contributed by atoms with van der Waals surface area (Å²) in [5.74, 6) is 0. The molecule has 2 aromatic heterocycles. The zero-order valence-electron chi connectivity index (χ0n) is 5.48. The van der Waals surface area contributed by atoms with Gasteiger partial charge in [-0.25, -0.2) is 4.98 Å². The largest absolute Gasteiger partial charge is 0.276 e. The Hall–Kier alpha value is -0.680. The Morgan fingerprint density at radius 3 is 3.18 bits per heavy atom. The minimum absolute atomic E-state index is 0.891. The highest BCUT2D eigenvalue weighted by Crippen LogP contribution is 2.21. The van der Waals surface area contributed by atoms with Crippen LogP contribution in [0.4, 0.5) is 0 Å². The van der Waals surface area contributed by atoms with Crippen LogP contribution in [0.5, 0.6) is 0 Å². The van der Waals surface area contributed by atoms with Crippen LogP contribution in [-0.4, -0.2) is 15.2 Å². The molecule has 2 rings (SSSR count). The molecule has 2 aromatic rings. The Bertz CT molecular complexity index is 371. The van der Waals surface area contributed by atoms with Gasteiger partial charge < -0.3 is 0 Å². The van der Waals surface area contributed by atoms with Gasteiger partial charge >= 0.3 is 0 Å². The van der Waals surface area contributed by atoms with E-state index in [1.54, 1.807) is 12.4 Å². The summed E-state index contributed by atoms with van der Waals surface area (Å²) in [5.41, 5.74) is 0.955. The van der Waals surface area contributed by atoms with E-state index in [0.29, 0.717) is 0 Å². The first kappa shape index (κ1) is 7.00. The summed E-state index contributed by atoms with van der Waals surface area (Å²) in [5, 5.41) is 8.66. The van der Waals surface area contributed by atoms with Crippen molar-refractivity contribution >= 4 is 33.4 Å². The Labute approximate surface area is 72.4 Å². The molecule has 1 N–H and O–H groups in total. The van der Waals surface area contributed by atoms with E-state index in [-0.39, 0.29) is 0 Å². The molecule has 56 valence electrons. The minimum Gasteiger partial charge on any atom is -0.276 e. The van der Waals surface area contributed by atoms with Crippen molar-refractivity contribution < 1.29 is 0 Å². The highest BCUT2D eigenvalue weighted by molar-refractivity contribution is 8.68. The predicted molar refractivity (Wildman–Crippen MR) is 48.7 cm³/mol. The van der Waals surface area contributed by atoms with Gasteiger partial charge in [0.15, 0.2) is 0 Å². The molecular formula is C6H5N3S2. The van der Waals surface area contributed by atoms with Gasteiger partial charge in [0.05, 0.1) is 17.9 Å². The molecule has 0 aliphatic rings. The molecule has 0 saturated heterocycles. The number of fused-ring (bicyclic) bond motifs is 1. The average molecular weight is 183 g/mol. The van der Waals surface area contributed by atoms with E-state index in [1.807, 2.05) is 6.07 Å². The Morgan fingerprint density at radius 1 is 1.45 bits per heavy atom. The van der Waals surface area contributed by atoms with Gasteiger partial charge in [0.25, 0.3) is 0 Å². The van der Waals surface area contributed by atoms with Crippen LogP contribution in [0.1, 0.15) is 0 Å². The molecule has 0 amide bonds. The molecule has 11 heavy (non-hydrogen) atoms. The Morgan fingerprint density at radius 2 is 2.36 bits per heavy atom. The third-order valence-electron chi connectivity index (χ3n) is 1.39. The minimum atomic E-state index is 0.891. The van der Waals surface area contributed by atoms with E-state index in [1.165, 1.54) is 10.8 Å². The van der Waals surface area contributed by atoms with E-state index in [0.717, 1.165) is 15.9 Å². The van der Waals surface area contributed by atoms with Gasteiger partial charge in [0.1, 0.15) is 5.03 Å². The first-order valence-corrected chi connectivity index (χ1v) is 4.87. The molecule has 0 aliphatic heterocycles. The molecule has 0 bridgehead atoms. The number of thiol groups is 1. The Balaban J connectivity index is 2.67. The van der Waals surface area contributed by atoms with Crippen LogP contribution in [0.3, 0.4) is 0 Å². The number of aromatic nitrogens is 3. The van der Waals surface area contributed by atoms with Crippen molar-refractivity contribution in [2.24, 2.45) is 0 Å². The summed E-state index contributed by atoms with van der Waals surface area (Å²) in [6.07, 6.45) is 3.52. The van der Waals surface area contributed by atoms with Crippen LogP contribution >= 0.6 is 22.5 Å². The number of rotatable bonds is 1.